The second kappa shape index (κ2) is 10.4. The number of amides is 2. The summed E-state index contributed by atoms with van der Waals surface area (Å²) in [6.07, 6.45) is -0.825. The molecule has 0 radical (unpaired) electrons. The number of urea groups is 1. The van der Waals surface area contributed by atoms with Crippen LogP contribution in [-0.4, -0.2) is 71.1 Å². The summed E-state index contributed by atoms with van der Waals surface area (Å²) in [5.74, 6) is -0.961. The molecule has 0 spiro atoms. The first kappa shape index (κ1) is 25.1. The topological polar surface area (TPSA) is 59.8 Å². The van der Waals surface area contributed by atoms with E-state index in [0.717, 1.165) is 5.56 Å². The zero-order valence-electron chi connectivity index (χ0n) is 19.9. The van der Waals surface area contributed by atoms with Crippen LogP contribution in [0, 0.1) is 5.82 Å². The van der Waals surface area contributed by atoms with Crippen molar-refractivity contribution in [3.8, 4) is 11.4 Å². The third-order valence-electron chi connectivity index (χ3n) is 6.74. The highest BCUT2D eigenvalue weighted by molar-refractivity contribution is 5.75. The minimum absolute atomic E-state index is 0.108. The van der Waals surface area contributed by atoms with Gasteiger partial charge < -0.3 is 23.8 Å². The molecule has 2 atom stereocenters. The molecule has 2 fully saturated rings. The van der Waals surface area contributed by atoms with Crippen molar-refractivity contribution >= 4 is 6.03 Å². The lowest BCUT2D eigenvalue weighted by Crippen LogP contribution is -2.52. The van der Waals surface area contributed by atoms with E-state index in [1.807, 2.05) is 0 Å². The highest BCUT2D eigenvalue weighted by Gasteiger charge is 2.35. The normalized spacial score (nSPS) is 20.6. The largest absolute Gasteiger partial charge is 0.573 e. The van der Waals surface area contributed by atoms with Crippen molar-refractivity contribution in [2.24, 2.45) is 0 Å². The Kier molecular flexibility index (Phi) is 7.05. The number of rotatable bonds is 4. The van der Waals surface area contributed by atoms with E-state index >= 15 is 0 Å². The smallest absolute Gasteiger partial charge is 0.406 e. The molecule has 7 nitrogen and oxygen atoms in total. The Morgan fingerprint density at radius 2 is 1.68 bits per heavy atom. The first-order chi connectivity index (χ1) is 17.8. The van der Waals surface area contributed by atoms with Crippen molar-refractivity contribution in [1.29, 1.82) is 0 Å². The number of morpholine rings is 1. The molecule has 3 aromatic rings. The molecule has 0 bridgehead atoms. The number of piperidine rings is 1. The Labute approximate surface area is 211 Å². The monoisotopic (exact) mass is 518 g/mol. The van der Waals surface area contributed by atoms with Crippen LogP contribution in [0.1, 0.15) is 29.5 Å². The highest BCUT2D eigenvalue weighted by atomic mass is 19.4. The van der Waals surface area contributed by atoms with Crippen LogP contribution in [0.15, 0.2) is 61.1 Å². The number of ether oxygens (including phenoxy) is 2. The van der Waals surface area contributed by atoms with Crippen molar-refractivity contribution in [2.75, 3.05) is 39.4 Å². The summed E-state index contributed by atoms with van der Waals surface area (Å²) in [4.78, 5) is 21.4. The molecule has 5 rings (SSSR count). The number of aromatic nitrogens is 2. The maximum atomic E-state index is 14.3. The first-order valence-electron chi connectivity index (χ1n) is 12.0. The van der Waals surface area contributed by atoms with Gasteiger partial charge in [-0.25, -0.2) is 14.2 Å². The van der Waals surface area contributed by atoms with Crippen LogP contribution in [0.3, 0.4) is 0 Å². The predicted octanol–water partition coefficient (Wildman–Crippen LogP) is 4.94. The van der Waals surface area contributed by atoms with Gasteiger partial charge in [0.15, 0.2) is 0 Å². The average Bonchev–Trinajstić information content (AvgIpc) is 3.38. The van der Waals surface area contributed by atoms with Crippen molar-refractivity contribution in [2.45, 2.75) is 24.6 Å². The van der Waals surface area contributed by atoms with Gasteiger partial charge in [0.2, 0.25) is 0 Å². The van der Waals surface area contributed by atoms with Crippen LogP contribution in [0.2, 0.25) is 0 Å². The average molecular weight is 519 g/mol. The summed E-state index contributed by atoms with van der Waals surface area (Å²) in [5, 5.41) is 0. The van der Waals surface area contributed by atoms with Crippen LogP contribution in [0.4, 0.5) is 22.4 Å². The van der Waals surface area contributed by atoms with Gasteiger partial charge in [-0.1, -0.05) is 24.3 Å². The molecule has 196 valence electrons. The van der Waals surface area contributed by atoms with Crippen LogP contribution in [0.25, 0.3) is 5.69 Å². The zero-order chi connectivity index (χ0) is 26.0. The molecule has 3 heterocycles. The fourth-order valence-corrected chi connectivity index (χ4v) is 4.95. The maximum absolute atomic E-state index is 14.3. The number of nitrogens with zero attached hydrogens (tertiary/aromatic N) is 4. The minimum Gasteiger partial charge on any atom is -0.406 e. The zero-order valence-corrected chi connectivity index (χ0v) is 19.9. The first-order valence-corrected chi connectivity index (χ1v) is 12.0. The molecule has 11 heteroatoms. The number of carbonyl (C=O) groups is 1. The minimum atomic E-state index is -4.77. The van der Waals surface area contributed by atoms with E-state index in [9.17, 15) is 22.4 Å². The second-order valence-electron chi connectivity index (χ2n) is 9.19. The Hall–Kier alpha value is -3.60. The molecule has 37 heavy (non-hydrogen) atoms. The van der Waals surface area contributed by atoms with Gasteiger partial charge in [-0.2, -0.15) is 0 Å². The van der Waals surface area contributed by atoms with Gasteiger partial charge in [0.05, 0.1) is 30.9 Å². The van der Waals surface area contributed by atoms with Crippen LogP contribution < -0.4 is 4.74 Å². The Morgan fingerprint density at radius 1 is 0.973 bits per heavy atom. The number of benzene rings is 2. The van der Waals surface area contributed by atoms with Crippen molar-refractivity contribution in [1.82, 2.24) is 19.4 Å². The molecular formula is C26H26F4N4O3. The molecule has 2 amide bonds. The van der Waals surface area contributed by atoms with Gasteiger partial charge in [0.1, 0.15) is 11.6 Å². The quantitative estimate of drug-likeness (QED) is 0.460. The Bertz CT molecular complexity index is 1230. The van der Waals surface area contributed by atoms with E-state index < -0.39 is 6.36 Å². The molecular weight excluding hydrogens is 492 g/mol. The fourth-order valence-electron chi connectivity index (χ4n) is 4.95. The van der Waals surface area contributed by atoms with Gasteiger partial charge in [-0.3, -0.25) is 0 Å². The number of para-hydroxylation sites is 1. The molecule has 2 aliphatic rings. The third-order valence-corrected chi connectivity index (χ3v) is 6.74. The van der Waals surface area contributed by atoms with Crippen molar-refractivity contribution in [3.63, 3.8) is 0 Å². The van der Waals surface area contributed by atoms with Gasteiger partial charge in [-0.05, 0) is 36.2 Å². The standard InChI is InChI=1S/C26H26F4N4O3/c27-22-3-1-2-4-24(22)34-16-23(31-17-34)20-13-19(18-5-7-21(8-6-18)37-26(28,29)30)14-33(15-20)25(35)32-9-11-36-12-10-32/h1-8,16-17,19-20H,9-15H2. The van der Waals surface area contributed by atoms with Gasteiger partial charge in [0.25, 0.3) is 0 Å². The van der Waals surface area contributed by atoms with E-state index in [1.54, 1.807) is 57.2 Å². The molecule has 2 aliphatic heterocycles. The lowest BCUT2D eigenvalue weighted by Gasteiger charge is -2.40. The number of alkyl halides is 3. The fraction of sp³-hybridized carbons (Fsp3) is 0.385. The van der Waals surface area contributed by atoms with E-state index in [4.69, 9.17) is 4.74 Å². The predicted molar refractivity (Wildman–Crippen MR) is 126 cm³/mol. The van der Waals surface area contributed by atoms with Crippen molar-refractivity contribution < 1.29 is 31.8 Å². The number of carbonyl (C=O) groups excluding carboxylic acids is 1. The Balaban J connectivity index is 1.40. The van der Waals surface area contributed by atoms with Gasteiger partial charge >= 0.3 is 12.4 Å². The number of hydrogen-bond donors (Lipinski definition) is 0. The summed E-state index contributed by atoms with van der Waals surface area (Å²) in [6, 6.07) is 12.0. The van der Waals surface area contributed by atoms with E-state index in [2.05, 4.69) is 9.72 Å². The second-order valence-corrected chi connectivity index (χ2v) is 9.19. The maximum Gasteiger partial charge on any atom is 0.573 e. The molecule has 2 saturated heterocycles. The molecule has 0 aliphatic carbocycles. The summed E-state index contributed by atoms with van der Waals surface area (Å²) in [7, 11) is 0. The summed E-state index contributed by atoms with van der Waals surface area (Å²) < 4.78 is 63.1. The third kappa shape index (κ3) is 5.87. The lowest BCUT2D eigenvalue weighted by molar-refractivity contribution is -0.274. The van der Waals surface area contributed by atoms with Crippen LogP contribution in [0.5, 0.6) is 5.75 Å². The van der Waals surface area contributed by atoms with Crippen LogP contribution >= 0.6 is 0 Å². The van der Waals surface area contributed by atoms with E-state index in [-0.39, 0.29) is 29.4 Å². The molecule has 2 unspecified atom stereocenters. The van der Waals surface area contributed by atoms with Gasteiger partial charge in [0, 0.05) is 44.2 Å². The van der Waals surface area contributed by atoms with Crippen LogP contribution in [-0.2, 0) is 4.74 Å². The lowest BCUT2D eigenvalue weighted by atomic mass is 9.83. The highest BCUT2D eigenvalue weighted by Crippen LogP contribution is 2.37. The van der Waals surface area contributed by atoms with Crippen molar-refractivity contribution in [3.05, 3.63) is 78.1 Å². The van der Waals surface area contributed by atoms with Gasteiger partial charge in [-0.15, -0.1) is 13.2 Å². The number of halogens is 4. The summed E-state index contributed by atoms with van der Waals surface area (Å²) in [5.41, 5.74) is 1.88. The summed E-state index contributed by atoms with van der Waals surface area (Å²) >= 11 is 0. The van der Waals surface area contributed by atoms with E-state index in [0.29, 0.717) is 57.2 Å². The number of imidazole rings is 1. The summed E-state index contributed by atoms with van der Waals surface area (Å²) in [6.45, 7) is 2.78. The SMILES string of the molecule is O=C(N1CCOCC1)N1CC(c2ccc(OC(F)(F)F)cc2)CC(c2cn(-c3ccccc3F)cn2)C1. The molecule has 0 N–H and O–H groups in total. The number of likely N-dealkylation sites (tertiary alicyclic amines) is 1. The number of hydrogen-bond acceptors (Lipinski definition) is 4. The Morgan fingerprint density at radius 3 is 2.38 bits per heavy atom. The molecule has 2 aromatic carbocycles. The molecule has 0 saturated carbocycles. The van der Waals surface area contributed by atoms with E-state index in [1.165, 1.54) is 18.2 Å². The molecule has 1 aromatic heterocycles.